The first-order valence-corrected chi connectivity index (χ1v) is 8.39. The van der Waals surface area contributed by atoms with Gasteiger partial charge in [-0.15, -0.1) is 14.8 Å². The van der Waals surface area contributed by atoms with Crippen molar-refractivity contribution in [2.45, 2.75) is 25.3 Å². The molecule has 1 saturated heterocycles. The highest BCUT2D eigenvalue weighted by Crippen LogP contribution is 2.34. The smallest absolute Gasteiger partial charge is 0.267 e. The fourth-order valence-electron chi connectivity index (χ4n) is 3.52. The molecule has 0 aliphatic carbocycles. The van der Waals surface area contributed by atoms with Crippen LogP contribution in [0.3, 0.4) is 0 Å². The standard InChI is InChI=1S/C16H20N8O/c1-17-16(25)13-7-6-11(22(13)2)12-5-3-4-10-23(12)15-9-8-14-18-20-21-24(14)19-15/h6-9,12H,3-5,10H2,1-2H3,(H,17,25)/t12-/m1/s1. The summed E-state index contributed by atoms with van der Waals surface area (Å²) in [4.78, 5) is 14.3. The number of aromatic nitrogens is 6. The van der Waals surface area contributed by atoms with Gasteiger partial charge in [0.15, 0.2) is 11.5 Å². The molecule has 4 rings (SSSR count). The molecule has 0 unspecified atom stereocenters. The lowest BCUT2D eigenvalue weighted by atomic mass is 9.99. The Morgan fingerprint density at radius 3 is 2.96 bits per heavy atom. The Morgan fingerprint density at radius 2 is 2.12 bits per heavy atom. The van der Waals surface area contributed by atoms with Crippen LogP contribution < -0.4 is 10.2 Å². The average Bonchev–Trinajstić information content (AvgIpc) is 3.26. The van der Waals surface area contributed by atoms with Crippen LogP contribution in [0.25, 0.3) is 5.65 Å². The highest BCUT2D eigenvalue weighted by atomic mass is 16.1. The van der Waals surface area contributed by atoms with Crippen LogP contribution in [0.2, 0.25) is 0 Å². The number of amides is 1. The third-order valence-electron chi connectivity index (χ3n) is 4.81. The highest BCUT2D eigenvalue weighted by Gasteiger charge is 2.28. The zero-order valence-electron chi connectivity index (χ0n) is 14.3. The molecule has 0 bridgehead atoms. The van der Waals surface area contributed by atoms with Gasteiger partial charge in [0.1, 0.15) is 5.69 Å². The number of hydrogen-bond acceptors (Lipinski definition) is 6. The maximum atomic E-state index is 12.0. The molecule has 1 atom stereocenters. The lowest BCUT2D eigenvalue weighted by Gasteiger charge is -2.36. The number of carbonyl (C=O) groups is 1. The van der Waals surface area contributed by atoms with E-state index in [4.69, 9.17) is 0 Å². The highest BCUT2D eigenvalue weighted by molar-refractivity contribution is 5.92. The molecule has 1 aliphatic rings. The largest absolute Gasteiger partial charge is 0.354 e. The van der Waals surface area contributed by atoms with Gasteiger partial charge >= 0.3 is 0 Å². The van der Waals surface area contributed by atoms with Crippen LogP contribution in [0, 0.1) is 0 Å². The summed E-state index contributed by atoms with van der Waals surface area (Å²) in [6.45, 7) is 0.909. The number of nitrogens with zero attached hydrogens (tertiary/aromatic N) is 7. The van der Waals surface area contributed by atoms with E-state index in [2.05, 4.69) is 30.8 Å². The predicted octanol–water partition coefficient (Wildman–Crippen LogP) is 0.949. The normalized spacial score (nSPS) is 17.8. The minimum Gasteiger partial charge on any atom is -0.354 e. The van der Waals surface area contributed by atoms with Crippen molar-refractivity contribution < 1.29 is 4.79 Å². The summed E-state index contributed by atoms with van der Waals surface area (Å²) >= 11 is 0. The van der Waals surface area contributed by atoms with Gasteiger partial charge in [-0.3, -0.25) is 4.79 Å². The molecule has 1 fully saturated rings. The molecular weight excluding hydrogens is 320 g/mol. The van der Waals surface area contributed by atoms with Crippen LogP contribution in [-0.2, 0) is 7.05 Å². The number of hydrogen-bond donors (Lipinski definition) is 1. The molecule has 4 heterocycles. The molecule has 1 N–H and O–H groups in total. The first kappa shape index (κ1) is 15.6. The second-order valence-electron chi connectivity index (χ2n) is 6.20. The van der Waals surface area contributed by atoms with Gasteiger partial charge in [-0.25, -0.2) is 0 Å². The Bertz CT molecular complexity index is 914. The summed E-state index contributed by atoms with van der Waals surface area (Å²) in [5.41, 5.74) is 2.39. The van der Waals surface area contributed by atoms with Crippen LogP contribution in [-0.4, -0.2) is 49.3 Å². The Morgan fingerprint density at radius 1 is 1.24 bits per heavy atom. The number of rotatable bonds is 3. The third-order valence-corrected chi connectivity index (χ3v) is 4.81. The van der Waals surface area contributed by atoms with Crippen molar-refractivity contribution in [3.8, 4) is 0 Å². The summed E-state index contributed by atoms with van der Waals surface area (Å²) < 4.78 is 3.42. The van der Waals surface area contributed by atoms with Crippen LogP contribution in [0.15, 0.2) is 24.3 Å². The van der Waals surface area contributed by atoms with E-state index >= 15 is 0 Å². The van der Waals surface area contributed by atoms with E-state index in [0.717, 1.165) is 37.3 Å². The third kappa shape index (κ3) is 2.61. The fraction of sp³-hybridized carbons (Fsp3) is 0.438. The molecule has 3 aromatic heterocycles. The van der Waals surface area contributed by atoms with E-state index in [1.807, 2.05) is 35.9 Å². The summed E-state index contributed by atoms with van der Waals surface area (Å²) in [6.07, 6.45) is 3.27. The SMILES string of the molecule is CNC(=O)c1ccc([C@H]2CCCCN2c2ccc3nnnn3n2)n1C. The Kier molecular flexibility index (Phi) is 3.83. The minimum atomic E-state index is -0.0793. The quantitative estimate of drug-likeness (QED) is 0.763. The van der Waals surface area contributed by atoms with Gasteiger partial charge in [-0.05, 0) is 54.0 Å². The molecule has 1 amide bonds. The average molecular weight is 340 g/mol. The summed E-state index contributed by atoms with van der Waals surface area (Å²) in [7, 11) is 3.58. The maximum absolute atomic E-state index is 12.0. The lowest BCUT2D eigenvalue weighted by molar-refractivity contribution is 0.0954. The number of tetrazole rings is 1. The van der Waals surface area contributed by atoms with Gasteiger partial charge in [-0.1, -0.05) is 0 Å². The lowest BCUT2D eigenvalue weighted by Crippen LogP contribution is -2.35. The predicted molar refractivity (Wildman–Crippen MR) is 91.3 cm³/mol. The Balaban J connectivity index is 1.72. The zero-order valence-corrected chi connectivity index (χ0v) is 14.3. The molecule has 130 valence electrons. The Labute approximate surface area is 144 Å². The molecule has 1 aliphatic heterocycles. The van der Waals surface area contributed by atoms with Gasteiger partial charge in [0.25, 0.3) is 5.91 Å². The first-order valence-electron chi connectivity index (χ1n) is 8.39. The van der Waals surface area contributed by atoms with E-state index in [9.17, 15) is 4.79 Å². The molecule has 0 saturated carbocycles. The molecule has 9 heteroatoms. The molecule has 9 nitrogen and oxygen atoms in total. The van der Waals surface area contributed by atoms with Crippen molar-refractivity contribution in [1.29, 1.82) is 0 Å². The molecule has 25 heavy (non-hydrogen) atoms. The van der Waals surface area contributed by atoms with Gasteiger partial charge in [0, 0.05) is 26.3 Å². The van der Waals surface area contributed by atoms with E-state index in [1.165, 1.54) is 4.63 Å². The van der Waals surface area contributed by atoms with Crippen molar-refractivity contribution in [1.82, 2.24) is 35.1 Å². The van der Waals surface area contributed by atoms with Crippen molar-refractivity contribution >= 4 is 17.4 Å². The second kappa shape index (κ2) is 6.15. The molecular formula is C16H20N8O. The summed E-state index contributed by atoms with van der Waals surface area (Å²) in [6, 6.07) is 7.89. The summed E-state index contributed by atoms with van der Waals surface area (Å²) in [5.74, 6) is 0.761. The molecule has 0 spiro atoms. The molecule has 0 aromatic carbocycles. The monoisotopic (exact) mass is 340 g/mol. The van der Waals surface area contributed by atoms with Crippen LogP contribution in [0.5, 0.6) is 0 Å². The van der Waals surface area contributed by atoms with Crippen LogP contribution in [0.4, 0.5) is 5.82 Å². The van der Waals surface area contributed by atoms with E-state index in [1.54, 1.807) is 7.05 Å². The second-order valence-corrected chi connectivity index (χ2v) is 6.20. The van der Waals surface area contributed by atoms with Gasteiger partial charge in [0.05, 0.1) is 6.04 Å². The van der Waals surface area contributed by atoms with Crippen LogP contribution >= 0.6 is 0 Å². The van der Waals surface area contributed by atoms with Crippen LogP contribution in [0.1, 0.15) is 41.5 Å². The number of anilines is 1. The number of piperidine rings is 1. The van der Waals surface area contributed by atoms with Gasteiger partial charge in [-0.2, -0.15) is 0 Å². The van der Waals surface area contributed by atoms with Crippen molar-refractivity contribution in [2.24, 2.45) is 7.05 Å². The Hall–Kier alpha value is -2.97. The molecule has 0 radical (unpaired) electrons. The minimum absolute atomic E-state index is 0.0793. The van der Waals surface area contributed by atoms with Crippen molar-refractivity contribution in [3.05, 3.63) is 35.7 Å². The topological polar surface area (TPSA) is 93.2 Å². The van der Waals surface area contributed by atoms with E-state index in [-0.39, 0.29) is 11.9 Å². The number of carbonyl (C=O) groups excluding carboxylic acids is 1. The fourth-order valence-corrected chi connectivity index (χ4v) is 3.52. The summed E-state index contributed by atoms with van der Waals surface area (Å²) in [5, 5.41) is 18.7. The van der Waals surface area contributed by atoms with Crippen molar-refractivity contribution in [3.63, 3.8) is 0 Å². The van der Waals surface area contributed by atoms with Crippen molar-refractivity contribution in [2.75, 3.05) is 18.5 Å². The number of fused-ring (bicyclic) bond motifs is 1. The van der Waals surface area contributed by atoms with E-state index in [0.29, 0.717) is 11.3 Å². The first-order chi connectivity index (χ1) is 12.2. The maximum Gasteiger partial charge on any atom is 0.267 e. The zero-order chi connectivity index (χ0) is 17.4. The number of nitrogens with one attached hydrogen (secondary N) is 1. The van der Waals surface area contributed by atoms with Gasteiger partial charge < -0.3 is 14.8 Å². The molecule has 3 aromatic rings. The van der Waals surface area contributed by atoms with E-state index < -0.39 is 0 Å². The van der Waals surface area contributed by atoms with Gasteiger partial charge in [0.2, 0.25) is 0 Å².